The van der Waals surface area contributed by atoms with Crippen molar-refractivity contribution in [3.05, 3.63) is 58.9 Å². The molecule has 138 valence electrons. The highest BCUT2D eigenvalue weighted by Crippen LogP contribution is 2.32. The molecule has 6 nitrogen and oxygen atoms in total. The van der Waals surface area contributed by atoms with Crippen LogP contribution in [0, 0.1) is 0 Å². The lowest BCUT2D eigenvalue weighted by molar-refractivity contribution is 0.0520. The van der Waals surface area contributed by atoms with Crippen LogP contribution >= 0.6 is 11.3 Å². The molecule has 27 heavy (non-hydrogen) atoms. The van der Waals surface area contributed by atoms with E-state index in [0.29, 0.717) is 18.8 Å². The number of thiazole rings is 1. The lowest BCUT2D eigenvalue weighted by Gasteiger charge is -2.08. The van der Waals surface area contributed by atoms with Gasteiger partial charge in [-0.2, -0.15) is 0 Å². The molecule has 1 aromatic carbocycles. The maximum Gasteiger partial charge on any atom is 0.357 e. The smallest absolute Gasteiger partial charge is 0.357 e. The van der Waals surface area contributed by atoms with Crippen LogP contribution in [-0.2, 0) is 11.3 Å². The number of hydrogen-bond donors (Lipinski definition) is 0. The Morgan fingerprint density at radius 3 is 2.93 bits per heavy atom. The van der Waals surface area contributed by atoms with Crippen LogP contribution in [0.3, 0.4) is 0 Å². The van der Waals surface area contributed by atoms with Crippen LogP contribution in [-0.4, -0.2) is 29.2 Å². The van der Waals surface area contributed by atoms with E-state index in [9.17, 15) is 4.79 Å². The Balaban J connectivity index is 1.76. The maximum absolute atomic E-state index is 11.9. The zero-order valence-electron chi connectivity index (χ0n) is 15.0. The van der Waals surface area contributed by atoms with Crippen LogP contribution < -0.4 is 4.74 Å². The van der Waals surface area contributed by atoms with Crippen molar-refractivity contribution < 1.29 is 18.7 Å². The number of benzene rings is 1. The van der Waals surface area contributed by atoms with Crippen molar-refractivity contribution in [2.24, 2.45) is 0 Å². The van der Waals surface area contributed by atoms with E-state index in [1.54, 1.807) is 31.9 Å². The fourth-order valence-corrected chi connectivity index (χ4v) is 3.76. The minimum Gasteiger partial charge on any atom is -0.497 e. The number of ether oxygens (including phenoxy) is 2. The summed E-state index contributed by atoms with van der Waals surface area (Å²) in [5.41, 5.74) is 3.40. The van der Waals surface area contributed by atoms with Gasteiger partial charge < -0.3 is 18.5 Å². The molecule has 0 aliphatic rings. The van der Waals surface area contributed by atoms with Gasteiger partial charge in [-0.05, 0) is 37.3 Å². The first kappa shape index (κ1) is 17.4. The van der Waals surface area contributed by atoms with Crippen molar-refractivity contribution in [3.63, 3.8) is 0 Å². The Labute approximate surface area is 160 Å². The molecular weight excluding hydrogens is 364 g/mol. The van der Waals surface area contributed by atoms with Gasteiger partial charge in [0.2, 0.25) is 0 Å². The molecule has 4 aromatic rings. The van der Waals surface area contributed by atoms with E-state index >= 15 is 0 Å². The summed E-state index contributed by atoms with van der Waals surface area (Å²) in [6.45, 7) is 2.66. The first-order valence-corrected chi connectivity index (χ1v) is 9.39. The van der Waals surface area contributed by atoms with Gasteiger partial charge in [-0.1, -0.05) is 0 Å². The number of methoxy groups -OCH3 is 1. The first-order chi connectivity index (χ1) is 13.2. The minimum atomic E-state index is -0.392. The lowest BCUT2D eigenvalue weighted by atomic mass is 10.2. The standard InChI is InChI=1S/C20H18N2O4S/c1-3-26-20(23)16-12-27-19(21-16)10-22-17-5-4-15(24-2)8-14(17)9-18(22)13-6-7-25-11-13/h4-9,11-12H,3,10H2,1-2H3. The molecular formula is C20H18N2O4S. The van der Waals surface area contributed by atoms with Gasteiger partial charge in [0.1, 0.15) is 10.8 Å². The second kappa shape index (κ2) is 7.28. The molecule has 0 aliphatic carbocycles. The Kier molecular flexibility index (Phi) is 4.68. The first-order valence-electron chi connectivity index (χ1n) is 8.51. The zero-order chi connectivity index (χ0) is 18.8. The number of aromatic nitrogens is 2. The molecule has 7 heteroatoms. The van der Waals surface area contributed by atoms with Crippen LogP contribution in [0.5, 0.6) is 5.75 Å². The van der Waals surface area contributed by atoms with E-state index in [1.807, 2.05) is 24.3 Å². The van der Waals surface area contributed by atoms with Crippen molar-refractivity contribution >= 4 is 28.2 Å². The highest BCUT2D eigenvalue weighted by Gasteiger charge is 2.16. The monoisotopic (exact) mass is 382 g/mol. The second-order valence-corrected chi connectivity index (χ2v) is 6.84. The van der Waals surface area contributed by atoms with Gasteiger partial charge in [-0.15, -0.1) is 11.3 Å². The molecule has 0 radical (unpaired) electrons. The second-order valence-electron chi connectivity index (χ2n) is 5.90. The minimum absolute atomic E-state index is 0.334. The lowest BCUT2D eigenvalue weighted by Crippen LogP contribution is -2.06. The summed E-state index contributed by atoms with van der Waals surface area (Å²) in [7, 11) is 1.65. The summed E-state index contributed by atoms with van der Waals surface area (Å²) in [6.07, 6.45) is 3.37. The maximum atomic E-state index is 11.9. The predicted molar refractivity (Wildman–Crippen MR) is 103 cm³/mol. The molecule has 0 amide bonds. The van der Waals surface area contributed by atoms with E-state index in [2.05, 4.69) is 15.6 Å². The third-order valence-corrected chi connectivity index (χ3v) is 5.09. The normalized spacial score (nSPS) is 11.0. The quantitative estimate of drug-likeness (QED) is 0.456. The molecule has 0 saturated carbocycles. The zero-order valence-corrected chi connectivity index (χ0v) is 15.8. The number of fused-ring (bicyclic) bond motifs is 1. The summed E-state index contributed by atoms with van der Waals surface area (Å²) >= 11 is 1.44. The van der Waals surface area contributed by atoms with Crippen LogP contribution in [0.2, 0.25) is 0 Å². The van der Waals surface area contributed by atoms with Gasteiger partial charge in [0.15, 0.2) is 5.69 Å². The van der Waals surface area contributed by atoms with Gasteiger partial charge in [0.05, 0.1) is 38.5 Å². The van der Waals surface area contributed by atoms with E-state index < -0.39 is 5.97 Å². The molecule has 0 saturated heterocycles. The summed E-state index contributed by atoms with van der Waals surface area (Å²) in [5.74, 6) is 0.411. The molecule has 0 bridgehead atoms. The topological polar surface area (TPSA) is 66.5 Å². The van der Waals surface area contributed by atoms with E-state index in [-0.39, 0.29) is 0 Å². The highest BCUT2D eigenvalue weighted by molar-refractivity contribution is 7.09. The number of esters is 1. The third-order valence-electron chi connectivity index (χ3n) is 4.26. The van der Waals surface area contributed by atoms with Crippen molar-refractivity contribution in [2.45, 2.75) is 13.5 Å². The van der Waals surface area contributed by atoms with Crippen molar-refractivity contribution in [2.75, 3.05) is 13.7 Å². The van der Waals surface area contributed by atoms with Gasteiger partial charge in [-0.25, -0.2) is 9.78 Å². The highest BCUT2D eigenvalue weighted by atomic mass is 32.1. The van der Waals surface area contributed by atoms with Crippen LogP contribution in [0.15, 0.2) is 52.7 Å². The molecule has 0 aliphatic heterocycles. The SMILES string of the molecule is CCOC(=O)c1csc(Cn2c(-c3ccoc3)cc3cc(OC)ccc32)n1. The number of rotatable bonds is 6. The number of furan rings is 1. The van der Waals surface area contributed by atoms with Crippen molar-refractivity contribution in [1.29, 1.82) is 0 Å². The van der Waals surface area contributed by atoms with Crippen molar-refractivity contribution in [1.82, 2.24) is 9.55 Å². The van der Waals surface area contributed by atoms with Gasteiger partial charge >= 0.3 is 5.97 Å². The summed E-state index contributed by atoms with van der Waals surface area (Å²) in [6, 6.07) is 9.99. The molecule has 0 N–H and O–H groups in total. The van der Waals surface area contributed by atoms with Gasteiger partial charge in [0.25, 0.3) is 0 Å². The van der Waals surface area contributed by atoms with Crippen LogP contribution in [0.4, 0.5) is 0 Å². The Morgan fingerprint density at radius 1 is 1.30 bits per heavy atom. The van der Waals surface area contributed by atoms with Gasteiger partial charge in [-0.3, -0.25) is 0 Å². The Morgan fingerprint density at radius 2 is 2.19 bits per heavy atom. The molecule has 0 unspecified atom stereocenters. The average Bonchev–Trinajstić information content (AvgIpc) is 3.42. The predicted octanol–water partition coefficient (Wildman–Crippen LogP) is 4.59. The number of nitrogens with zero attached hydrogens (tertiary/aromatic N) is 2. The largest absolute Gasteiger partial charge is 0.497 e. The van der Waals surface area contributed by atoms with Crippen LogP contribution in [0.1, 0.15) is 22.4 Å². The summed E-state index contributed by atoms with van der Waals surface area (Å²) in [5, 5.41) is 3.63. The van der Waals surface area contributed by atoms with Crippen molar-refractivity contribution in [3.8, 4) is 17.0 Å². The van der Waals surface area contributed by atoms with Gasteiger partial charge in [0, 0.05) is 21.8 Å². The molecule has 4 rings (SSSR count). The Bertz CT molecular complexity index is 1080. The summed E-state index contributed by atoms with van der Waals surface area (Å²) in [4.78, 5) is 16.3. The molecule has 0 atom stereocenters. The third kappa shape index (κ3) is 3.33. The Hall–Kier alpha value is -3.06. The van der Waals surface area contributed by atoms with E-state index in [4.69, 9.17) is 13.9 Å². The number of carbonyl (C=O) groups excluding carboxylic acids is 1. The summed E-state index contributed by atoms with van der Waals surface area (Å²) < 4.78 is 17.8. The average molecular weight is 382 g/mol. The fraction of sp³-hybridized carbons (Fsp3) is 0.200. The van der Waals surface area contributed by atoms with E-state index in [0.717, 1.165) is 32.9 Å². The molecule has 3 aromatic heterocycles. The molecule has 0 spiro atoms. The number of hydrogen-bond acceptors (Lipinski definition) is 6. The fourth-order valence-electron chi connectivity index (χ4n) is 3.01. The number of carbonyl (C=O) groups is 1. The van der Waals surface area contributed by atoms with Crippen LogP contribution in [0.25, 0.3) is 22.2 Å². The molecule has 3 heterocycles. The van der Waals surface area contributed by atoms with E-state index in [1.165, 1.54) is 11.3 Å². The molecule has 0 fully saturated rings.